The molecule has 2 aromatic carbocycles. The molecule has 0 bridgehead atoms. The maximum Gasteiger partial charge on any atom is 0.231 e. The Morgan fingerprint density at radius 2 is 1.95 bits per heavy atom. The van der Waals surface area contributed by atoms with Crippen LogP contribution in [-0.4, -0.2) is 6.79 Å². The minimum Gasteiger partial charge on any atom is -0.454 e. The van der Waals surface area contributed by atoms with E-state index in [2.05, 4.69) is 39.4 Å². The predicted octanol–water partition coefficient (Wildman–Crippen LogP) is 4.28. The van der Waals surface area contributed by atoms with Gasteiger partial charge in [0.25, 0.3) is 0 Å². The van der Waals surface area contributed by atoms with E-state index in [0.29, 0.717) is 12.8 Å². The Kier molecular flexibility index (Phi) is 2.84. The first-order valence-electron chi connectivity index (χ1n) is 6.74. The van der Waals surface area contributed by atoms with Gasteiger partial charge in [0, 0.05) is 16.2 Å². The molecule has 1 unspecified atom stereocenters. The van der Waals surface area contributed by atoms with Crippen molar-refractivity contribution in [3.63, 3.8) is 0 Å². The standard InChI is InChI=1S/C16H14BrNO2/c17-11-2-4-13-10(7-11)1-5-14(13)18-12-3-6-15-16(8-12)20-9-19-15/h2-4,6-8,14,18H,1,5,9H2. The van der Waals surface area contributed by atoms with E-state index in [1.165, 1.54) is 11.1 Å². The van der Waals surface area contributed by atoms with Crippen molar-refractivity contribution in [3.05, 3.63) is 52.0 Å². The van der Waals surface area contributed by atoms with Crippen LogP contribution in [0.15, 0.2) is 40.9 Å². The third-order valence-electron chi connectivity index (χ3n) is 3.90. The highest BCUT2D eigenvalue weighted by atomic mass is 79.9. The summed E-state index contributed by atoms with van der Waals surface area (Å²) < 4.78 is 11.9. The van der Waals surface area contributed by atoms with Crippen molar-refractivity contribution >= 4 is 21.6 Å². The van der Waals surface area contributed by atoms with Gasteiger partial charge in [0.15, 0.2) is 11.5 Å². The topological polar surface area (TPSA) is 30.5 Å². The summed E-state index contributed by atoms with van der Waals surface area (Å²) in [6.07, 6.45) is 2.25. The van der Waals surface area contributed by atoms with E-state index in [9.17, 15) is 0 Å². The maximum absolute atomic E-state index is 5.42. The average molecular weight is 332 g/mol. The molecule has 4 rings (SSSR count). The minimum atomic E-state index is 0.319. The van der Waals surface area contributed by atoms with Gasteiger partial charge in [-0.05, 0) is 48.2 Å². The molecule has 102 valence electrons. The molecular formula is C16H14BrNO2. The molecule has 0 spiro atoms. The zero-order chi connectivity index (χ0) is 13.5. The van der Waals surface area contributed by atoms with E-state index in [4.69, 9.17) is 9.47 Å². The molecule has 0 saturated carbocycles. The van der Waals surface area contributed by atoms with E-state index < -0.39 is 0 Å². The van der Waals surface area contributed by atoms with Gasteiger partial charge in [0.2, 0.25) is 6.79 Å². The van der Waals surface area contributed by atoms with Crippen LogP contribution in [0.5, 0.6) is 11.5 Å². The molecule has 3 nitrogen and oxygen atoms in total. The number of rotatable bonds is 2. The van der Waals surface area contributed by atoms with E-state index in [-0.39, 0.29) is 0 Å². The van der Waals surface area contributed by atoms with Crippen molar-refractivity contribution in [2.75, 3.05) is 12.1 Å². The molecule has 2 aliphatic rings. The van der Waals surface area contributed by atoms with Gasteiger partial charge in [-0.1, -0.05) is 22.0 Å². The molecule has 1 heterocycles. The van der Waals surface area contributed by atoms with Gasteiger partial charge in [-0.25, -0.2) is 0 Å². The smallest absolute Gasteiger partial charge is 0.231 e. The molecule has 0 radical (unpaired) electrons. The third kappa shape index (κ3) is 2.04. The highest BCUT2D eigenvalue weighted by Gasteiger charge is 2.23. The van der Waals surface area contributed by atoms with E-state index in [0.717, 1.165) is 34.5 Å². The van der Waals surface area contributed by atoms with Crippen LogP contribution in [0, 0.1) is 0 Å². The zero-order valence-electron chi connectivity index (χ0n) is 10.9. The van der Waals surface area contributed by atoms with Crippen LogP contribution in [0.25, 0.3) is 0 Å². The summed E-state index contributed by atoms with van der Waals surface area (Å²) in [5, 5.41) is 3.60. The van der Waals surface area contributed by atoms with Gasteiger partial charge in [-0.3, -0.25) is 0 Å². The SMILES string of the molecule is Brc1ccc2c(c1)CCC2Nc1ccc2c(c1)OCO2. The quantitative estimate of drug-likeness (QED) is 0.891. The minimum absolute atomic E-state index is 0.319. The van der Waals surface area contributed by atoms with Crippen LogP contribution in [0.3, 0.4) is 0 Å². The fraction of sp³-hybridized carbons (Fsp3) is 0.250. The molecule has 1 aliphatic heterocycles. The van der Waals surface area contributed by atoms with E-state index in [1.54, 1.807) is 0 Å². The Labute approximate surface area is 126 Å². The number of halogens is 1. The zero-order valence-corrected chi connectivity index (χ0v) is 12.4. The molecule has 0 fully saturated rings. The van der Waals surface area contributed by atoms with Gasteiger partial charge >= 0.3 is 0 Å². The Balaban J connectivity index is 1.59. The van der Waals surface area contributed by atoms with Gasteiger partial charge in [-0.15, -0.1) is 0 Å². The van der Waals surface area contributed by atoms with Crippen LogP contribution in [-0.2, 0) is 6.42 Å². The molecule has 1 aliphatic carbocycles. The number of nitrogens with one attached hydrogen (secondary N) is 1. The number of hydrogen-bond donors (Lipinski definition) is 1. The first-order valence-corrected chi connectivity index (χ1v) is 7.53. The van der Waals surface area contributed by atoms with Crippen LogP contribution >= 0.6 is 15.9 Å². The fourth-order valence-electron chi connectivity index (χ4n) is 2.92. The van der Waals surface area contributed by atoms with E-state index in [1.807, 2.05) is 18.2 Å². The number of fused-ring (bicyclic) bond motifs is 2. The lowest BCUT2D eigenvalue weighted by molar-refractivity contribution is 0.174. The lowest BCUT2D eigenvalue weighted by Gasteiger charge is -2.16. The predicted molar refractivity (Wildman–Crippen MR) is 81.4 cm³/mol. The molecule has 0 saturated heterocycles. The molecule has 1 N–H and O–H groups in total. The number of benzene rings is 2. The second kappa shape index (κ2) is 4.70. The number of anilines is 1. The first-order chi connectivity index (χ1) is 9.79. The second-order valence-electron chi connectivity index (χ2n) is 5.15. The molecular weight excluding hydrogens is 318 g/mol. The monoisotopic (exact) mass is 331 g/mol. The summed E-state index contributed by atoms with van der Waals surface area (Å²) in [5.41, 5.74) is 3.90. The van der Waals surface area contributed by atoms with Gasteiger partial charge < -0.3 is 14.8 Å². The summed E-state index contributed by atoms with van der Waals surface area (Å²) in [7, 11) is 0. The Bertz CT molecular complexity index is 672. The van der Waals surface area contributed by atoms with Gasteiger partial charge in [-0.2, -0.15) is 0 Å². The third-order valence-corrected chi connectivity index (χ3v) is 4.39. The number of hydrogen-bond acceptors (Lipinski definition) is 3. The van der Waals surface area contributed by atoms with Crippen LogP contribution < -0.4 is 14.8 Å². The van der Waals surface area contributed by atoms with Crippen molar-refractivity contribution in [1.82, 2.24) is 0 Å². The van der Waals surface area contributed by atoms with Crippen molar-refractivity contribution < 1.29 is 9.47 Å². The molecule has 1 atom stereocenters. The number of aryl methyl sites for hydroxylation is 1. The average Bonchev–Trinajstić information content (AvgIpc) is 3.05. The highest BCUT2D eigenvalue weighted by molar-refractivity contribution is 9.10. The summed E-state index contributed by atoms with van der Waals surface area (Å²) in [4.78, 5) is 0. The Morgan fingerprint density at radius 3 is 2.90 bits per heavy atom. The Morgan fingerprint density at radius 1 is 1.05 bits per heavy atom. The van der Waals surface area contributed by atoms with Crippen molar-refractivity contribution in [2.24, 2.45) is 0 Å². The van der Waals surface area contributed by atoms with Crippen molar-refractivity contribution in [1.29, 1.82) is 0 Å². The molecule has 2 aromatic rings. The molecule has 0 amide bonds. The first kappa shape index (κ1) is 12.1. The van der Waals surface area contributed by atoms with Gasteiger partial charge in [0.1, 0.15) is 0 Å². The normalized spacial score (nSPS) is 18.9. The number of ether oxygens (including phenoxy) is 2. The van der Waals surface area contributed by atoms with E-state index >= 15 is 0 Å². The molecule has 4 heteroatoms. The summed E-state index contributed by atoms with van der Waals surface area (Å²) in [5.74, 6) is 1.65. The van der Waals surface area contributed by atoms with Crippen molar-refractivity contribution in [3.8, 4) is 11.5 Å². The lowest BCUT2D eigenvalue weighted by atomic mass is 10.1. The summed E-state index contributed by atoms with van der Waals surface area (Å²) >= 11 is 3.53. The van der Waals surface area contributed by atoms with Crippen LogP contribution in [0.1, 0.15) is 23.6 Å². The maximum atomic E-state index is 5.42. The lowest BCUT2D eigenvalue weighted by Crippen LogP contribution is -2.06. The summed E-state index contributed by atoms with van der Waals surface area (Å²) in [6, 6.07) is 12.9. The largest absolute Gasteiger partial charge is 0.454 e. The fourth-order valence-corrected chi connectivity index (χ4v) is 3.33. The van der Waals surface area contributed by atoms with Crippen LogP contribution in [0.2, 0.25) is 0 Å². The van der Waals surface area contributed by atoms with Crippen molar-refractivity contribution in [2.45, 2.75) is 18.9 Å². The van der Waals surface area contributed by atoms with Crippen LogP contribution in [0.4, 0.5) is 5.69 Å². The summed E-state index contributed by atoms with van der Waals surface area (Å²) in [6.45, 7) is 0.319. The molecule has 0 aromatic heterocycles. The highest BCUT2D eigenvalue weighted by Crippen LogP contribution is 2.38. The second-order valence-corrected chi connectivity index (χ2v) is 6.06. The Hall–Kier alpha value is -1.68. The molecule has 20 heavy (non-hydrogen) atoms. The van der Waals surface area contributed by atoms with Gasteiger partial charge in [0.05, 0.1) is 6.04 Å².